The summed E-state index contributed by atoms with van der Waals surface area (Å²) >= 11 is 0. The molecule has 1 aliphatic heterocycles. The van der Waals surface area contributed by atoms with Crippen molar-refractivity contribution in [1.29, 1.82) is 0 Å². The van der Waals surface area contributed by atoms with E-state index in [0.717, 1.165) is 24.9 Å². The van der Waals surface area contributed by atoms with Crippen LogP contribution in [-0.4, -0.2) is 12.6 Å². The standard InChI is InChI=1S/C13H18FN2/c1-13(15,12-7-2-3-8-16-12)10-5-4-6-11(14)9-10/h4-6,9,12,15-16H,2-3,7-8H2,1H3. The predicted octanol–water partition coefficient (Wildman–Crippen LogP) is 2.47. The molecule has 87 valence electrons. The molecule has 0 aliphatic carbocycles. The van der Waals surface area contributed by atoms with Crippen LogP contribution in [0.1, 0.15) is 31.7 Å². The van der Waals surface area contributed by atoms with E-state index in [1.165, 1.54) is 18.6 Å². The lowest BCUT2D eigenvalue weighted by molar-refractivity contribution is 0.262. The SMILES string of the molecule is CC([NH])(c1cccc(F)c1)C1CCCCN1. The van der Waals surface area contributed by atoms with Gasteiger partial charge in [0.05, 0.1) is 5.54 Å². The summed E-state index contributed by atoms with van der Waals surface area (Å²) in [4.78, 5) is 0. The summed E-state index contributed by atoms with van der Waals surface area (Å²) in [6.45, 7) is 2.83. The smallest absolute Gasteiger partial charge is 0.123 e. The van der Waals surface area contributed by atoms with Gasteiger partial charge < -0.3 is 5.32 Å². The molecule has 0 saturated carbocycles. The van der Waals surface area contributed by atoms with Gasteiger partial charge in [-0.05, 0) is 44.0 Å². The molecule has 1 radical (unpaired) electrons. The number of benzene rings is 1. The van der Waals surface area contributed by atoms with Gasteiger partial charge in [-0.25, -0.2) is 10.1 Å². The predicted molar refractivity (Wildman–Crippen MR) is 62.5 cm³/mol. The van der Waals surface area contributed by atoms with Gasteiger partial charge in [-0.3, -0.25) is 0 Å². The van der Waals surface area contributed by atoms with E-state index in [-0.39, 0.29) is 11.9 Å². The van der Waals surface area contributed by atoms with E-state index >= 15 is 0 Å². The van der Waals surface area contributed by atoms with Crippen LogP contribution in [0.15, 0.2) is 24.3 Å². The highest BCUT2D eigenvalue weighted by Crippen LogP contribution is 2.28. The van der Waals surface area contributed by atoms with Crippen LogP contribution >= 0.6 is 0 Å². The maximum atomic E-state index is 13.2. The summed E-state index contributed by atoms with van der Waals surface area (Å²) in [6.07, 6.45) is 3.33. The number of rotatable bonds is 2. The molecule has 1 saturated heterocycles. The van der Waals surface area contributed by atoms with E-state index < -0.39 is 5.54 Å². The molecule has 0 aromatic heterocycles. The highest BCUT2D eigenvalue weighted by atomic mass is 19.1. The zero-order valence-corrected chi connectivity index (χ0v) is 9.59. The Morgan fingerprint density at radius 1 is 1.44 bits per heavy atom. The first kappa shape index (κ1) is 11.6. The first-order valence-electron chi connectivity index (χ1n) is 5.85. The summed E-state index contributed by atoms with van der Waals surface area (Å²) < 4.78 is 13.2. The Hall–Kier alpha value is -0.930. The molecule has 0 bridgehead atoms. The van der Waals surface area contributed by atoms with Gasteiger partial charge in [0.25, 0.3) is 0 Å². The van der Waals surface area contributed by atoms with Gasteiger partial charge in [0.1, 0.15) is 5.82 Å². The number of halogens is 1. The Bertz CT molecular complexity index is 357. The molecule has 1 fully saturated rings. The molecule has 16 heavy (non-hydrogen) atoms. The minimum absolute atomic E-state index is 0.128. The number of nitrogens with one attached hydrogen (secondary N) is 2. The Morgan fingerprint density at radius 2 is 2.25 bits per heavy atom. The second-order valence-corrected chi connectivity index (χ2v) is 4.72. The third-order valence-corrected chi connectivity index (χ3v) is 3.43. The van der Waals surface area contributed by atoms with Crippen molar-refractivity contribution >= 4 is 0 Å². The van der Waals surface area contributed by atoms with Crippen LogP contribution in [0.2, 0.25) is 0 Å². The lowest BCUT2D eigenvalue weighted by atomic mass is 9.81. The summed E-state index contributed by atoms with van der Waals surface area (Å²) in [5.74, 6) is -0.258. The second kappa shape index (κ2) is 4.52. The second-order valence-electron chi connectivity index (χ2n) is 4.72. The van der Waals surface area contributed by atoms with Gasteiger partial charge in [0.15, 0.2) is 0 Å². The Balaban J connectivity index is 2.22. The summed E-state index contributed by atoms with van der Waals surface area (Å²) in [6, 6.07) is 6.55. The molecule has 3 heteroatoms. The molecule has 2 unspecified atom stereocenters. The van der Waals surface area contributed by atoms with Gasteiger partial charge in [-0.1, -0.05) is 18.6 Å². The number of hydrogen-bond donors (Lipinski definition) is 1. The molecule has 2 N–H and O–H groups in total. The maximum absolute atomic E-state index is 13.2. The molecule has 1 aromatic rings. The van der Waals surface area contributed by atoms with Crippen LogP contribution in [0.3, 0.4) is 0 Å². The number of piperidine rings is 1. The van der Waals surface area contributed by atoms with E-state index in [1.807, 2.05) is 13.0 Å². The van der Waals surface area contributed by atoms with Crippen LogP contribution in [-0.2, 0) is 5.54 Å². The van der Waals surface area contributed by atoms with E-state index in [9.17, 15) is 4.39 Å². The van der Waals surface area contributed by atoms with Crippen LogP contribution in [0, 0.1) is 5.82 Å². The fourth-order valence-corrected chi connectivity index (χ4v) is 2.36. The summed E-state index contributed by atoms with van der Waals surface area (Å²) in [5, 5.41) is 3.37. The third-order valence-electron chi connectivity index (χ3n) is 3.43. The zero-order chi connectivity index (χ0) is 11.6. The van der Waals surface area contributed by atoms with Crippen molar-refractivity contribution in [2.45, 2.75) is 37.8 Å². The molecule has 1 aliphatic rings. The molecule has 1 heterocycles. The molecule has 2 rings (SSSR count). The minimum Gasteiger partial charge on any atom is -0.312 e. The van der Waals surface area contributed by atoms with E-state index in [4.69, 9.17) is 5.73 Å². The first-order chi connectivity index (χ1) is 7.60. The largest absolute Gasteiger partial charge is 0.312 e. The normalized spacial score (nSPS) is 25.1. The fraction of sp³-hybridized carbons (Fsp3) is 0.538. The third kappa shape index (κ3) is 2.25. The van der Waals surface area contributed by atoms with E-state index in [0.29, 0.717) is 0 Å². The molecular weight excluding hydrogens is 203 g/mol. The van der Waals surface area contributed by atoms with Crippen molar-refractivity contribution in [3.8, 4) is 0 Å². The maximum Gasteiger partial charge on any atom is 0.123 e. The summed E-state index contributed by atoms with van der Waals surface area (Å²) in [5.41, 5.74) is 8.44. The van der Waals surface area contributed by atoms with Crippen molar-refractivity contribution in [1.82, 2.24) is 11.1 Å². The zero-order valence-electron chi connectivity index (χ0n) is 9.59. The first-order valence-corrected chi connectivity index (χ1v) is 5.85. The Morgan fingerprint density at radius 3 is 2.88 bits per heavy atom. The molecule has 1 aromatic carbocycles. The summed E-state index contributed by atoms with van der Waals surface area (Å²) in [7, 11) is 0. The van der Waals surface area contributed by atoms with Crippen LogP contribution in [0.25, 0.3) is 0 Å². The van der Waals surface area contributed by atoms with Gasteiger partial charge in [0, 0.05) is 6.04 Å². The highest BCUT2D eigenvalue weighted by Gasteiger charge is 2.33. The number of hydrogen-bond acceptors (Lipinski definition) is 1. The van der Waals surface area contributed by atoms with Crippen molar-refractivity contribution < 1.29 is 4.39 Å². The molecule has 0 amide bonds. The van der Waals surface area contributed by atoms with Crippen LogP contribution in [0.4, 0.5) is 4.39 Å². The highest BCUT2D eigenvalue weighted by molar-refractivity contribution is 5.26. The van der Waals surface area contributed by atoms with Gasteiger partial charge in [-0.15, -0.1) is 0 Å². The van der Waals surface area contributed by atoms with Crippen molar-refractivity contribution in [2.75, 3.05) is 6.54 Å². The van der Waals surface area contributed by atoms with Crippen molar-refractivity contribution in [3.63, 3.8) is 0 Å². The lowest BCUT2D eigenvalue weighted by Crippen LogP contribution is -2.50. The quantitative estimate of drug-likeness (QED) is 0.818. The van der Waals surface area contributed by atoms with E-state index in [2.05, 4.69) is 5.32 Å². The molecule has 0 spiro atoms. The van der Waals surface area contributed by atoms with Gasteiger partial charge >= 0.3 is 0 Å². The van der Waals surface area contributed by atoms with Gasteiger partial charge in [-0.2, -0.15) is 0 Å². The Kier molecular flexibility index (Phi) is 3.26. The monoisotopic (exact) mass is 221 g/mol. The Labute approximate surface area is 96.0 Å². The van der Waals surface area contributed by atoms with E-state index in [1.54, 1.807) is 6.07 Å². The van der Waals surface area contributed by atoms with Crippen LogP contribution in [0.5, 0.6) is 0 Å². The van der Waals surface area contributed by atoms with Crippen molar-refractivity contribution in [3.05, 3.63) is 35.6 Å². The average molecular weight is 221 g/mol. The molecular formula is C13H18FN2. The minimum atomic E-state index is -0.747. The fourth-order valence-electron chi connectivity index (χ4n) is 2.36. The van der Waals surface area contributed by atoms with Crippen LogP contribution < -0.4 is 11.1 Å². The topological polar surface area (TPSA) is 35.8 Å². The molecule has 2 nitrogen and oxygen atoms in total. The average Bonchev–Trinajstić information content (AvgIpc) is 2.30. The van der Waals surface area contributed by atoms with Crippen molar-refractivity contribution in [2.24, 2.45) is 0 Å². The molecule has 2 atom stereocenters. The van der Waals surface area contributed by atoms with Gasteiger partial charge in [0.2, 0.25) is 0 Å². The lowest BCUT2D eigenvalue weighted by Gasteiger charge is -2.37.